The Hall–Kier alpha value is -1.32. The van der Waals surface area contributed by atoms with Gasteiger partial charge in [-0.3, -0.25) is 0 Å². The molecule has 10 atom stereocenters. The molecule has 0 aromatic heterocycles. The topological polar surface area (TPSA) is 130 Å². The maximum atomic E-state index is 14.2. The van der Waals surface area contributed by atoms with Crippen LogP contribution in [0.1, 0.15) is 92.9 Å². The Morgan fingerprint density at radius 1 is 0.500 bits per heavy atom. The van der Waals surface area contributed by atoms with Gasteiger partial charge in [0, 0.05) is 53.1 Å². The van der Waals surface area contributed by atoms with E-state index in [-0.39, 0.29) is 65.2 Å². The van der Waals surface area contributed by atoms with E-state index in [0.29, 0.717) is 51.0 Å². The van der Waals surface area contributed by atoms with Crippen molar-refractivity contribution in [1.29, 1.82) is 0 Å². The number of rotatable bonds is 22. The molecule has 0 aliphatic carbocycles. The molecule has 5 rings (SSSR count). The molecule has 5 heterocycles. The van der Waals surface area contributed by atoms with E-state index in [0.717, 1.165) is 92.7 Å². The van der Waals surface area contributed by atoms with Gasteiger partial charge < -0.3 is 28.2 Å². The van der Waals surface area contributed by atoms with E-state index in [1.165, 1.54) is 48.4 Å². The summed E-state index contributed by atoms with van der Waals surface area (Å²) in [7, 11) is -6.53. The molecule has 0 aromatic rings. The maximum Gasteiger partial charge on any atom is 0.361 e. The van der Waals surface area contributed by atoms with E-state index in [1.54, 1.807) is 0 Å². The Morgan fingerprint density at radius 3 is 1.40 bits per heavy atom. The summed E-state index contributed by atoms with van der Waals surface area (Å²) in [4.78, 5) is 27.1. The Kier molecular flexibility index (Phi) is 17.4. The molecule has 0 radical (unpaired) electrons. The largest absolute Gasteiger partial charge is 0.462 e. The van der Waals surface area contributed by atoms with Gasteiger partial charge in [0.05, 0.1) is 82.8 Å². The normalized spacial score (nSPS) is 36.6. The van der Waals surface area contributed by atoms with Crippen LogP contribution in [-0.4, -0.2) is 166 Å². The van der Waals surface area contributed by atoms with E-state index < -0.39 is 19.7 Å². The molecule has 58 heavy (non-hydrogen) atoms. The second-order valence-corrected chi connectivity index (χ2v) is 24.3. The SMILES string of the molecule is CCCC1C[NH+](CC(=O)OCC)CC1CCS(=O)(=O)CC1C[N+]2(CC[N+]3(CC2)CC(CC)C(CC)C3)CC1CCC1C[NH+](CC(=O)OCC)CC1CS(=O)(=O)CCC. The third kappa shape index (κ3) is 12.9. The summed E-state index contributed by atoms with van der Waals surface area (Å²) in [5.41, 5.74) is 0. The van der Waals surface area contributed by atoms with Crippen LogP contribution in [-0.2, 0) is 38.7 Å². The molecule has 5 saturated heterocycles. The van der Waals surface area contributed by atoms with Crippen molar-refractivity contribution in [2.75, 3.05) is 128 Å². The molecule has 12 nitrogen and oxygen atoms in total. The number of hydrogen-bond acceptors (Lipinski definition) is 8. The van der Waals surface area contributed by atoms with Crippen molar-refractivity contribution < 1.29 is 54.7 Å². The van der Waals surface area contributed by atoms with Gasteiger partial charge >= 0.3 is 11.9 Å². The molecule has 2 N–H and O–H groups in total. The molecule has 2 spiro atoms. The van der Waals surface area contributed by atoms with Crippen molar-refractivity contribution in [3.63, 3.8) is 0 Å². The minimum Gasteiger partial charge on any atom is -0.462 e. The van der Waals surface area contributed by atoms with E-state index in [9.17, 15) is 26.4 Å². The first-order chi connectivity index (χ1) is 27.6. The zero-order chi connectivity index (χ0) is 42.1. The predicted molar refractivity (Wildman–Crippen MR) is 229 cm³/mol. The Labute approximate surface area is 353 Å². The van der Waals surface area contributed by atoms with Crippen LogP contribution in [0.25, 0.3) is 0 Å². The van der Waals surface area contributed by atoms with Gasteiger partial charge in [-0.2, -0.15) is 0 Å². The standard InChI is InChI=1S/C44H82N4O8S2/c1-7-13-37-23-45(27-43(49)55-11-5)25-39(37)16-22-58(53,54)34-42-32-48(19-17-47(18-20-48)29-35(9-3)36(10-4)30-47)31-40(42)15-14-38-24-46(28-44(50)56-12-6)26-41(38)33-57(51,52)21-8-2/h35-42H,7-34H2,1-6H3/q+2/p+2. The molecular formula is C44H84N4O8S2+4. The van der Waals surface area contributed by atoms with Crippen molar-refractivity contribution in [3.8, 4) is 0 Å². The smallest absolute Gasteiger partial charge is 0.361 e. The molecule has 0 amide bonds. The molecule has 0 aromatic carbocycles. The fourth-order valence-electron chi connectivity index (χ4n) is 12.9. The van der Waals surface area contributed by atoms with E-state index in [4.69, 9.17) is 9.47 Å². The first-order valence-corrected chi connectivity index (χ1v) is 27.3. The summed E-state index contributed by atoms with van der Waals surface area (Å²) < 4.78 is 67.5. The maximum absolute atomic E-state index is 14.2. The van der Waals surface area contributed by atoms with Gasteiger partial charge in [-0.25, -0.2) is 26.4 Å². The minimum absolute atomic E-state index is 0.00626. The van der Waals surface area contributed by atoms with Crippen LogP contribution in [0.5, 0.6) is 0 Å². The van der Waals surface area contributed by atoms with Crippen molar-refractivity contribution in [2.45, 2.75) is 92.9 Å². The minimum atomic E-state index is -3.33. The second kappa shape index (κ2) is 21.2. The molecule has 336 valence electrons. The molecule has 5 aliphatic heterocycles. The van der Waals surface area contributed by atoms with Gasteiger partial charge in [-0.1, -0.05) is 34.1 Å². The van der Waals surface area contributed by atoms with Crippen LogP contribution >= 0.6 is 0 Å². The third-order valence-electron chi connectivity index (χ3n) is 15.7. The number of hydrogen-bond donors (Lipinski definition) is 2. The van der Waals surface area contributed by atoms with Crippen molar-refractivity contribution >= 4 is 31.6 Å². The number of piperazine rings is 1. The van der Waals surface area contributed by atoms with Crippen LogP contribution in [0.4, 0.5) is 0 Å². The lowest BCUT2D eigenvalue weighted by Gasteiger charge is -2.47. The lowest BCUT2D eigenvalue weighted by molar-refractivity contribution is -1.02. The number of sulfone groups is 2. The molecule has 0 bridgehead atoms. The van der Waals surface area contributed by atoms with E-state index in [2.05, 4.69) is 20.8 Å². The zero-order valence-corrected chi connectivity index (χ0v) is 39.0. The number of nitrogens with one attached hydrogen (secondary N) is 2. The summed E-state index contributed by atoms with van der Waals surface area (Å²) in [6, 6.07) is 0. The van der Waals surface area contributed by atoms with Crippen molar-refractivity contribution in [2.24, 2.45) is 47.3 Å². The lowest BCUT2D eigenvalue weighted by atomic mass is 9.86. The summed E-state index contributed by atoms with van der Waals surface area (Å²) in [6.45, 7) is 26.1. The number of nitrogens with zero attached hydrogens (tertiary/aromatic N) is 2. The van der Waals surface area contributed by atoms with Crippen LogP contribution in [0.2, 0.25) is 0 Å². The monoisotopic (exact) mass is 861 g/mol. The second-order valence-electron chi connectivity index (χ2n) is 19.9. The van der Waals surface area contributed by atoms with E-state index in [1.807, 2.05) is 20.8 Å². The molecule has 0 saturated carbocycles. The van der Waals surface area contributed by atoms with Crippen LogP contribution in [0, 0.1) is 47.3 Å². The highest BCUT2D eigenvalue weighted by Crippen LogP contribution is 2.41. The number of carbonyl (C=O) groups is 2. The van der Waals surface area contributed by atoms with Gasteiger partial charge in [0.15, 0.2) is 32.8 Å². The Balaban J connectivity index is 1.29. The Bertz CT molecular complexity index is 1540. The highest BCUT2D eigenvalue weighted by Gasteiger charge is 2.54. The predicted octanol–water partition coefficient (Wildman–Crippen LogP) is 1.54. The fourth-order valence-corrected chi connectivity index (χ4v) is 16.6. The average Bonchev–Trinajstić information content (AvgIpc) is 3.91. The fraction of sp³-hybridized carbons (Fsp3) is 0.955. The quantitative estimate of drug-likeness (QED) is 0.124. The van der Waals surface area contributed by atoms with Gasteiger partial charge in [-0.05, 0) is 58.8 Å². The lowest BCUT2D eigenvalue weighted by Crippen LogP contribution is -3.11. The first-order valence-electron chi connectivity index (χ1n) is 23.7. The van der Waals surface area contributed by atoms with Crippen molar-refractivity contribution in [1.82, 2.24) is 0 Å². The number of esters is 2. The zero-order valence-electron chi connectivity index (χ0n) is 37.4. The van der Waals surface area contributed by atoms with Crippen molar-refractivity contribution in [3.05, 3.63) is 0 Å². The van der Waals surface area contributed by atoms with Crippen LogP contribution < -0.4 is 9.80 Å². The van der Waals surface area contributed by atoms with Gasteiger partial charge in [-0.15, -0.1) is 0 Å². The molecule has 14 heteroatoms. The van der Waals surface area contributed by atoms with Gasteiger partial charge in [0.1, 0.15) is 26.2 Å². The first kappa shape index (κ1) is 47.7. The van der Waals surface area contributed by atoms with Gasteiger partial charge in [0.2, 0.25) is 0 Å². The molecule has 5 fully saturated rings. The van der Waals surface area contributed by atoms with E-state index >= 15 is 0 Å². The van der Waals surface area contributed by atoms with Gasteiger partial charge in [0.25, 0.3) is 0 Å². The number of carbonyl (C=O) groups excluding carboxylic acids is 2. The highest BCUT2D eigenvalue weighted by molar-refractivity contribution is 7.91. The molecular weight excluding hydrogens is 777 g/mol. The average molecular weight is 861 g/mol. The third-order valence-corrected chi connectivity index (χ3v) is 19.5. The number of likely N-dealkylation sites (tertiary alicyclic amines) is 2. The summed E-state index contributed by atoms with van der Waals surface area (Å²) in [5.74, 6) is 3.27. The summed E-state index contributed by atoms with van der Waals surface area (Å²) in [6.07, 6.45) is 7.66. The Morgan fingerprint density at radius 2 is 0.914 bits per heavy atom. The molecule has 10 unspecified atom stereocenters. The molecule has 5 aliphatic rings. The highest BCUT2D eigenvalue weighted by atomic mass is 32.2. The number of ether oxygens (including phenoxy) is 2. The van der Waals surface area contributed by atoms with Crippen LogP contribution in [0.3, 0.4) is 0 Å². The van der Waals surface area contributed by atoms with Crippen LogP contribution in [0.15, 0.2) is 0 Å². The number of quaternary nitrogens is 4. The summed E-state index contributed by atoms with van der Waals surface area (Å²) >= 11 is 0. The summed E-state index contributed by atoms with van der Waals surface area (Å²) in [5, 5.41) is 0.